The minimum absolute atomic E-state index is 0.0241. The summed E-state index contributed by atoms with van der Waals surface area (Å²) in [5, 5.41) is 21.1. The molecule has 0 spiro atoms. The van der Waals surface area contributed by atoms with Crippen LogP contribution in [0.15, 0.2) is 60.7 Å². The summed E-state index contributed by atoms with van der Waals surface area (Å²) in [6, 6.07) is 18.9. The minimum atomic E-state index is -1.38. The molecule has 29 heavy (non-hydrogen) atoms. The number of benzene rings is 2. The van der Waals surface area contributed by atoms with Crippen LogP contribution in [-0.4, -0.2) is 53.5 Å². The van der Waals surface area contributed by atoms with E-state index in [9.17, 15) is 15.0 Å². The van der Waals surface area contributed by atoms with E-state index in [4.69, 9.17) is 18.9 Å². The Morgan fingerprint density at radius 1 is 0.931 bits per heavy atom. The lowest BCUT2D eigenvalue weighted by Crippen LogP contribution is -2.60. The molecule has 5 atom stereocenters. The number of carbonyl (C=O) groups excluding carboxylic acids is 1. The predicted octanol–water partition coefficient (Wildman–Crippen LogP) is 1.80. The van der Waals surface area contributed by atoms with Gasteiger partial charge in [-0.25, -0.2) is 0 Å². The van der Waals surface area contributed by atoms with Gasteiger partial charge < -0.3 is 29.2 Å². The second-order valence-electron chi connectivity index (χ2n) is 6.89. The smallest absolute Gasteiger partial charge is 0.303 e. The van der Waals surface area contributed by atoms with Crippen LogP contribution in [0, 0.1) is 0 Å². The van der Waals surface area contributed by atoms with E-state index in [1.807, 2.05) is 60.7 Å². The molecule has 2 N–H and O–H groups in total. The molecule has 7 nitrogen and oxygen atoms in total. The van der Waals surface area contributed by atoms with Crippen molar-refractivity contribution in [2.45, 2.75) is 50.8 Å². The Morgan fingerprint density at radius 2 is 1.52 bits per heavy atom. The van der Waals surface area contributed by atoms with Gasteiger partial charge in [-0.3, -0.25) is 4.79 Å². The highest BCUT2D eigenvalue weighted by atomic mass is 16.7. The summed E-state index contributed by atoms with van der Waals surface area (Å²) in [6.45, 7) is 1.77. The summed E-state index contributed by atoms with van der Waals surface area (Å²) >= 11 is 0. The molecule has 1 aliphatic heterocycles. The zero-order valence-corrected chi connectivity index (χ0v) is 16.2. The monoisotopic (exact) mass is 402 g/mol. The van der Waals surface area contributed by atoms with Crippen LogP contribution < -0.4 is 0 Å². The number of rotatable bonds is 8. The van der Waals surface area contributed by atoms with Crippen LogP contribution in [0.3, 0.4) is 0 Å². The molecule has 1 saturated heterocycles. The molecule has 0 saturated carbocycles. The second-order valence-corrected chi connectivity index (χ2v) is 6.89. The van der Waals surface area contributed by atoms with Gasteiger partial charge in [0.2, 0.25) is 0 Å². The molecule has 1 aliphatic rings. The molecule has 2 aromatic rings. The SMILES string of the molecule is CC(=O)O[C@H]1[C@H](O)[C@@H](COCc2ccccc2)O[C@H](O)[C@@H]1OCc1ccccc1. The normalized spacial score (nSPS) is 26.8. The van der Waals surface area contributed by atoms with Gasteiger partial charge in [0.25, 0.3) is 0 Å². The first kappa shape index (κ1) is 21.4. The van der Waals surface area contributed by atoms with Crippen molar-refractivity contribution in [2.75, 3.05) is 6.61 Å². The van der Waals surface area contributed by atoms with Crippen LogP contribution in [0.1, 0.15) is 18.1 Å². The van der Waals surface area contributed by atoms with Crippen LogP contribution in [0.4, 0.5) is 0 Å². The van der Waals surface area contributed by atoms with E-state index in [2.05, 4.69) is 0 Å². The van der Waals surface area contributed by atoms with E-state index in [1.165, 1.54) is 6.92 Å². The van der Waals surface area contributed by atoms with E-state index in [0.717, 1.165) is 11.1 Å². The Kier molecular flexibility index (Phi) is 7.74. The highest BCUT2D eigenvalue weighted by Gasteiger charge is 2.47. The van der Waals surface area contributed by atoms with E-state index in [0.29, 0.717) is 6.61 Å². The van der Waals surface area contributed by atoms with E-state index in [1.54, 1.807) is 0 Å². The molecule has 0 unspecified atom stereocenters. The van der Waals surface area contributed by atoms with Crippen molar-refractivity contribution in [3.63, 3.8) is 0 Å². The zero-order chi connectivity index (χ0) is 20.6. The van der Waals surface area contributed by atoms with Crippen molar-refractivity contribution < 1.29 is 34.0 Å². The zero-order valence-electron chi connectivity index (χ0n) is 16.2. The Hall–Kier alpha value is -2.29. The van der Waals surface area contributed by atoms with Crippen LogP contribution >= 0.6 is 0 Å². The van der Waals surface area contributed by atoms with E-state index < -0.39 is 36.7 Å². The number of hydrogen-bond donors (Lipinski definition) is 2. The minimum Gasteiger partial charge on any atom is -0.457 e. The van der Waals surface area contributed by atoms with Crippen LogP contribution in [-0.2, 0) is 37.0 Å². The van der Waals surface area contributed by atoms with Gasteiger partial charge in [0, 0.05) is 6.92 Å². The van der Waals surface area contributed by atoms with Crippen molar-refractivity contribution in [1.29, 1.82) is 0 Å². The van der Waals surface area contributed by atoms with Gasteiger partial charge in [-0.15, -0.1) is 0 Å². The summed E-state index contributed by atoms with van der Waals surface area (Å²) in [5.74, 6) is -0.583. The maximum atomic E-state index is 11.5. The van der Waals surface area contributed by atoms with Crippen LogP contribution in [0.2, 0.25) is 0 Å². The van der Waals surface area contributed by atoms with Crippen molar-refractivity contribution in [3.8, 4) is 0 Å². The highest BCUT2D eigenvalue weighted by molar-refractivity contribution is 5.66. The first-order chi connectivity index (χ1) is 14.0. The average Bonchev–Trinajstić information content (AvgIpc) is 2.72. The average molecular weight is 402 g/mol. The van der Waals surface area contributed by atoms with Gasteiger partial charge in [0.1, 0.15) is 18.3 Å². The molecule has 0 bridgehead atoms. The molecule has 1 heterocycles. The van der Waals surface area contributed by atoms with Crippen molar-refractivity contribution in [2.24, 2.45) is 0 Å². The number of ether oxygens (including phenoxy) is 4. The van der Waals surface area contributed by atoms with Gasteiger partial charge >= 0.3 is 5.97 Å². The number of esters is 1. The molecule has 0 radical (unpaired) electrons. The molecule has 1 fully saturated rings. The van der Waals surface area contributed by atoms with E-state index in [-0.39, 0.29) is 13.2 Å². The molecular formula is C22H26O7. The molecule has 0 aromatic heterocycles. The van der Waals surface area contributed by atoms with Gasteiger partial charge in [0.15, 0.2) is 12.4 Å². The molecule has 0 amide bonds. The summed E-state index contributed by atoms with van der Waals surface area (Å²) in [6.07, 6.45) is -5.56. The quantitative estimate of drug-likeness (QED) is 0.650. The predicted molar refractivity (Wildman–Crippen MR) is 104 cm³/mol. The highest BCUT2D eigenvalue weighted by Crippen LogP contribution is 2.26. The Bertz CT molecular complexity index is 752. The van der Waals surface area contributed by atoms with E-state index >= 15 is 0 Å². The third kappa shape index (κ3) is 6.09. The molecule has 2 aromatic carbocycles. The topological polar surface area (TPSA) is 94.5 Å². The van der Waals surface area contributed by atoms with Crippen molar-refractivity contribution in [1.82, 2.24) is 0 Å². The fraction of sp³-hybridized carbons (Fsp3) is 0.409. The molecule has 0 aliphatic carbocycles. The van der Waals surface area contributed by atoms with Gasteiger partial charge in [0.05, 0.1) is 19.8 Å². The van der Waals surface area contributed by atoms with Gasteiger partial charge in [-0.1, -0.05) is 60.7 Å². The maximum absolute atomic E-state index is 11.5. The summed E-state index contributed by atoms with van der Waals surface area (Å²) in [4.78, 5) is 11.5. The first-order valence-electron chi connectivity index (χ1n) is 9.50. The molecule has 156 valence electrons. The fourth-order valence-corrected chi connectivity index (χ4v) is 3.18. The first-order valence-corrected chi connectivity index (χ1v) is 9.50. The summed E-state index contributed by atoms with van der Waals surface area (Å²) in [7, 11) is 0. The number of hydrogen-bond acceptors (Lipinski definition) is 7. The molecular weight excluding hydrogens is 376 g/mol. The van der Waals surface area contributed by atoms with Crippen LogP contribution in [0.25, 0.3) is 0 Å². The van der Waals surface area contributed by atoms with Gasteiger partial charge in [-0.2, -0.15) is 0 Å². The van der Waals surface area contributed by atoms with Crippen molar-refractivity contribution in [3.05, 3.63) is 71.8 Å². The second kappa shape index (κ2) is 10.5. The fourth-order valence-electron chi connectivity index (χ4n) is 3.18. The lowest BCUT2D eigenvalue weighted by Gasteiger charge is -2.41. The Labute approximate surface area is 169 Å². The molecule has 3 rings (SSSR count). The largest absolute Gasteiger partial charge is 0.457 e. The van der Waals surface area contributed by atoms with Crippen molar-refractivity contribution >= 4 is 5.97 Å². The third-order valence-corrected chi connectivity index (χ3v) is 4.62. The molecule has 7 heteroatoms. The summed E-state index contributed by atoms with van der Waals surface area (Å²) in [5.41, 5.74) is 1.85. The standard InChI is InChI=1S/C22H26O7/c1-15(23)28-20-19(24)18(14-26-12-16-8-4-2-5-9-16)29-22(25)21(20)27-13-17-10-6-3-7-11-17/h2-11,18-22,24-25H,12-14H2,1H3/t18-,19-,20+,21-,22+/m1/s1. The third-order valence-electron chi connectivity index (χ3n) is 4.62. The lowest BCUT2D eigenvalue weighted by molar-refractivity contribution is -0.302. The Balaban J connectivity index is 1.61. The van der Waals surface area contributed by atoms with Crippen LogP contribution in [0.5, 0.6) is 0 Å². The lowest BCUT2D eigenvalue weighted by atomic mass is 9.98. The number of aliphatic hydroxyl groups excluding tert-OH is 2. The maximum Gasteiger partial charge on any atom is 0.303 e. The van der Waals surface area contributed by atoms with Gasteiger partial charge in [-0.05, 0) is 11.1 Å². The Morgan fingerprint density at radius 3 is 2.10 bits per heavy atom. The number of carbonyl (C=O) groups is 1. The number of aliphatic hydroxyl groups is 2. The summed E-state index contributed by atoms with van der Waals surface area (Å²) < 4.78 is 22.1.